The molecule has 0 aromatic carbocycles. The quantitative estimate of drug-likeness (QED) is 0.412. The number of hydrogen-bond acceptors (Lipinski definition) is 10. The fourth-order valence-corrected chi connectivity index (χ4v) is 7.51. The van der Waals surface area contributed by atoms with Gasteiger partial charge in [0, 0.05) is 48.5 Å². The van der Waals surface area contributed by atoms with E-state index >= 15 is 0 Å². The van der Waals surface area contributed by atoms with Gasteiger partial charge in [0.05, 0.1) is 17.8 Å². The predicted molar refractivity (Wildman–Crippen MR) is 179 cm³/mol. The van der Waals surface area contributed by atoms with E-state index in [-0.39, 0.29) is 61.0 Å². The lowest BCUT2D eigenvalue weighted by molar-refractivity contribution is -0.157. The number of nitrogens with zero attached hydrogens (tertiary/aromatic N) is 3. The molecular weight excluding hydrogens is 624 g/mol. The van der Waals surface area contributed by atoms with Crippen molar-refractivity contribution >= 4 is 34.4 Å². The number of aliphatic hydroxyl groups is 1. The average molecular weight is 675 g/mol. The third-order valence-electron chi connectivity index (χ3n) is 8.45. The van der Waals surface area contributed by atoms with Crippen molar-refractivity contribution in [3.05, 3.63) is 53.8 Å². The maximum absolute atomic E-state index is 14.0. The topological polar surface area (TPSA) is 159 Å². The van der Waals surface area contributed by atoms with Gasteiger partial charge in [-0.25, -0.2) is 9.78 Å². The molecule has 0 aliphatic carbocycles. The van der Waals surface area contributed by atoms with Crippen LogP contribution in [0.2, 0.25) is 0 Å². The minimum atomic E-state index is -1.45. The van der Waals surface area contributed by atoms with Gasteiger partial charge in [0.1, 0.15) is 24.2 Å². The molecule has 2 amide bonds. The van der Waals surface area contributed by atoms with E-state index in [1.54, 1.807) is 25.2 Å². The molecule has 13 heteroatoms. The summed E-state index contributed by atoms with van der Waals surface area (Å²) in [5.74, 6) is -2.05. The Bertz CT molecular complexity index is 1370. The van der Waals surface area contributed by atoms with Gasteiger partial charge < -0.3 is 29.4 Å². The summed E-state index contributed by atoms with van der Waals surface area (Å²) in [6.45, 7) is 14.1. The zero-order valence-electron chi connectivity index (χ0n) is 28.3. The monoisotopic (exact) mass is 674 g/mol. The fraction of sp³-hybridized carbons (Fsp3) is 0.618. The molecule has 6 atom stereocenters. The summed E-state index contributed by atoms with van der Waals surface area (Å²) in [4.78, 5) is 60.7. The Balaban J connectivity index is 1.96. The molecule has 0 radical (unpaired) electrons. The zero-order valence-corrected chi connectivity index (χ0v) is 29.2. The third kappa shape index (κ3) is 11.1. The first-order chi connectivity index (χ1) is 22.3. The van der Waals surface area contributed by atoms with E-state index < -0.39 is 46.2 Å². The second-order valence-electron chi connectivity index (χ2n) is 12.4. The van der Waals surface area contributed by atoms with Crippen molar-refractivity contribution in [1.82, 2.24) is 20.1 Å². The van der Waals surface area contributed by atoms with Crippen LogP contribution < -0.4 is 5.32 Å². The van der Waals surface area contributed by atoms with E-state index in [9.17, 15) is 28.5 Å². The van der Waals surface area contributed by atoms with E-state index in [2.05, 4.69) is 15.2 Å². The number of esters is 1. The Morgan fingerprint density at radius 3 is 2.57 bits per heavy atom. The number of amides is 2. The number of ketones is 1. The summed E-state index contributed by atoms with van der Waals surface area (Å²) in [6.07, 6.45) is 7.46. The van der Waals surface area contributed by atoms with Crippen LogP contribution in [0.15, 0.2) is 46.6 Å². The predicted octanol–water partition coefficient (Wildman–Crippen LogP) is 2.60. The molecule has 2 N–H and O–H groups in total. The Hall–Kier alpha value is -3.42. The molecule has 1 unspecified atom stereocenters. The number of nitrogens with one attached hydrogen (secondary N) is 1. The molecule has 2 aliphatic heterocycles. The van der Waals surface area contributed by atoms with E-state index in [1.165, 1.54) is 17.1 Å². The van der Waals surface area contributed by atoms with Crippen LogP contribution >= 0.6 is 0 Å². The molecule has 3 heterocycles. The highest BCUT2D eigenvalue weighted by Crippen LogP contribution is 2.29. The molecule has 47 heavy (non-hydrogen) atoms. The van der Waals surface area contributed by atoms with Crippen molar-refractivity contribution in [2.75, 3.05) is 38.5 Å². The van der Waals surface area contributed by atoms with Crippen molar-refractivity contribution in [3.8, 4) is 0 Å². The van der Waals surface area contributed by atoms with Gasteiger partial charge in [-0.05, 0) is 38.4 Å². The number of ether oxygens (including phenoxy) is 1. The number of Topliss-reactive ketones (excluding diaryl/α,β-unsaturated/α-hetero) is 1. The molecule has 3 rings (SSSR count). The van der Waals surface area contributed by atoms with E-state index in [1.807, 2.05) is 34.6 Å². The number of carbonyl (C=O) groups is 4. The maximum atomic E-state index is 14.0. The van der Waals surface area contributed by atoms with Crippen molar-refractivity contribution in [1.29, 1.82) is 0 Å². The van der Waals surface area contributed by atoms with E-state index in [0.29, 0.717) is 24.3 Å². The number of fused-ring (bicyclic) bond motifs is 3. The van der Waals surface area contributed by atoms with Crippen molar-refractivity contribution in [3.63, 3.8) is 0 Å². The largest absolute Gasteiger partial charge is 0.460 e. The molecule has 0 saturated carbocycles. The highest BCUT2D eigenvalue weighted by Gasteiger charge is 2.47. The Kier molecular flexibility index (Phi) is 14.7. The highest BCUT2D eigenvalue weighted by atomic mass is 32.2. The maximum Gasteiger partial charge on any atom is 0.330 e. The first kappa shape index (κ1) is 38.0. The van der Waals surface area contributed by atoms with Crippen molar-refractivity contribution < 1.29 is 37.6 Å². The Morgan fingerprint density at radius 2 is 1.89 bits per heavy atom. The minimum absolute atomic E-state index is 0.0124. The van der Waals surface area contributed by atoms with Crippen LogP contribution in [0.4, 0.5) is 0 Å². The lowest BCUT2D eigenvalue weighted by Crippen LogP contribution is -2.49. The lowest BCUT2D eigenvalue weighted by atomic mass is 9.94. The van der Waals surface area contributed by atoms with Gasteiger partial charge in [-0.3, -0.25) is 18.6 Å². The molecule has 2 aliphatic rings. The second-order valence-corrected chi connectivity index (χ2v) is 14.2. The Labute approximate surface area is 280 Å². The van der Waals surface area contributed by atoms with Crippen LogP contribution in [0.5, 0.6) is 0 Å². The molecule has 1 saturated heterocycles. The smallest absolute Gasteiger partial charge is 0.330 e. The van der Waals surface area contributed by atoms with E-state index in [4.69, 9.17) is 9.15 Å². The van der Waals surface area contributed by atoms with Crippen LogP contribution in [0.3, 0.4) is 0 Å². The van der Waals surface area contributed by atoms with Gasteiger partial charge in [0.25, 0.3) is 5.91 Å². The van der Waals surface area contributed by atoms with Crippen LogP contribution in [0.25, 0.3) is 0 Å². The van der Waals surface area contributed by atoms with Crippen LogP contribution in [0.1, 0.15) is 70.8 Å². The normalized spacial score (nSPS) is 28.7. The van der Waals surface area contributed by atoms with Crippen molar-refractivity contribution in [2.24, 2.45) is 11.8 Å². The first-order valence-electron chi connectivity index (χ1n) is 16.4. The number of allylic oxidation sites excluding steroid dienone is 2. The van der Waals surface area contributed by atoms with Gasteiger partial charge in [0.2, 0.25) is 11.8 Å². The van der Waals surface area contributed by atoms with Crippen LogP contribution in [0, 0.1) is 11.8 Å². The summed E-state index contributed by atoms with van der Waals surface area (Å²) in [6, 6.07) is -1.12. The number of cyclic esters (lactones) is 1. The van der Waals surface area contributed by atoms with Gasteiger partial charge in [0.15, 0.2) is 5.69 Å². The average Bonchev–Trinajstić information content (AvgIpc) is 3.68. The number of rotatable bonds is 7. The van der Waals surface area contributed by atoms with Gasteiger partial charge in [-0.15, -0.1) is 0 Å². The molecular formula is C34H50N4O8S. The number of hydrogen-bond donors (Lipinski definition) is 2. The zero-order chi connectivity index (χ0) is 34.7. The molecule has 1 aromatic heterocycles. The highest BCUT2D eigenvalue weighted by molar-refractivity contribution is 7.85. The molecule has 0 spiro atoms. The molecule has 260 valence electrons. The summed E-state index contributed by atoms with van der Waals surface area (Å²) in [7, 11) is -1.45. The summed E-state index contributed by atoms with van der Waals surface area (Å²) < 4.78 is 25.2. The van der Waals surface area contributed by atoms with E-state index in [0.717, 1.165) is 19.4 Å². The standard InChI is InChI=1S/C34H50N4O8S/c1-7-37(8-2)16-17-47(44)28-13-15-38-31(28)34(43)46-32(22(3)4)24(6)11-12-29(41)35-14-9-10-23(5)18-25(39)19-26(40)20-30-36-27(21-45-30)33(38)42/h9-12,18,21-22,24-25,28,31-32,39H,7-8,13-17,19-20H2,1-6H3,(H,35,41)/b10-9+,12-11+,23-18+/t24-,25-,28-,31+,32-,47?/m1/s1. The molecule has 1 fully saturated rings. The van der Waals surface area contributed by atoms with Gasteiger partial charge in [-0.1, -0.05) is 64.5 Å². The molecule has 1 aromatic rings. The minimum Gasteiger partial charge on any atom is -0.460 e. The number of aliphatic hydroxyl groups excluding tert-OH is 1. The number of aromatic nitrogens is 1. The van der Waals surface area contributed by atoms with Gasteiger partial charge >= 0.3 is 5.97 Å². The molecule has 2 bridgehead atoms. The molecule has 12 nitrogen and oxygen atoms in total. The first-order valence-corrected chi connectivity index (χ1v) is 17.8. The van der Waals surface area contributed by atoms with Crippen LogP contribution in [-0.2, 0) is 36.3 Å². The lowest BCUT2D eigenvalue weighted by Gasteiger charge is -2.31. The van der Waals surface area contributed by atoms with Crippen molar-refractivity contribution in [2.45, 2.75) is 84.3 Å². The number of carbonyl (C=O) groups excluding carboxylic acids is 4. The van der Waals surface area contributed by atoms with Gasteiger partial charge in [-0.2, -0.15) is 0 Å². The summed E-state index contributed by atoms with van der Waals surface area (Å²) >= 11 is 0. The SMILES string of the molecule is CCN(CC)CCS(=O)[C@@H]1CCN2C(=O)c3coc(n3)CC(=O)C[C@H](O)/C=C(C)/C=C/CNC(=O)/C=C/[C@@H](C)[C@@H](C(C)C)OC(=O)[C@H]12. The second kappa shape index (κ2) is 18.2. The fourth-order valence-electron chi connectivity index (χ4n) is 5.85. The third-order valence-corrected chi connectivity index (χ3v) is 10.2. The number of oxazole rings is 1. The summed E-state index contributed by atoms with van der Waals surface area (Å²) in [5, 5.41) is 12.5. The van der Waals surface area contributed by atoms with Crippen LogP contribution in [-0.4, -0.2) is 110 Å². The summed E-state index contributed by atoms with van der Waals surface area (Å²) in [5.41, 5.74) is 0.628. The Morgan fingerprint density at radius 1 is 1.17 bits per heavy atom.